The molecule has 0 aromatic carbocycles. The van der Waals surface area contributed by atoms with E-state index >= 15 is 0 Å². The van der Waals surface area contributed by atoms with Crippen molar-refractivity contribution in [2.45, 2.75) is 63.1 Å². The molecule has 1 amide bonds. The molecule has 2 aliphatic heterocycles. The quantitative estimate of drug-likeness (QED) is 0.449. The highest BCUT2D eigenvalue weighted by atomic mass is 35.5. The van der Waals surface area contributed by atoms with Crippen molar-refractivity contribution in [2.24, 2.45) is 0 Å². The molecule has 6 rings (SSSR count). The Bertz CT molecular complexity index is 1270. The first-order chi connectivity index (χ1) is 19.5. The van der Waals surface area contributed by atoms with E-state index in [9.17, 15) is 4.79 Å². The molecule has 2 aromatic rings. The second-order valence-corrected chi connectivity index (χ2v) is 12.5. The zero-order valence-electron chi connectivity index (χ0n) is 25.7. The van der Waals surface area contributed by atoms with Crippen LogP contribution in [0.5, 0.6) is 11.5 Å². The topological polar surface area (TPSA) is 144 Å². The number of anilines is 4. The molecule has 12 nitrogen and oxygen atoms in total. The van der Waals surface area contributed by atoms with E-state index in [-0.39, 0.29) is 36.4 Å². The van der Waals surface area contributed by atoms with Crippen molar-refractivity contribution in [3.63, 3.8) is 0 Å². The number of carbonyl (C=O) groups is 1. The van der Waals surface area contributed by atoms with E-state index in [1.165, 1.54) is 12.8 Å². The number of halogens is 2. The molecular weight excluding hydrogens is 595 g/mol. The summed E-state index contributed by atoms with van der Waals surface area (Å²) in [5, 5.41) is 3.59. The van der Waals surface area contributed by atoms with Crippen LogP contribution < -0.4 is 36.1 Å². The highest BCUT2D eigenvalue weighted by Crippen LogP contribution is 2.46. The number of nitrogens with one attached hydrogen (secondary N) is 1. The van der Waals surface area contributed by atoms with Crippen LogP contribution in [0, 0.1) is 0 Å². The number of methoxy groups -OCH3 is 2. The number of ether oxygens (including phenoxy) is 3. The van der Waals surface area contributed by atoms with Crippen molar-refractivity contribution in [2.75, 3.05) is 74.8 Å². The summed E-state index contributed by atoms with van der Waals surface area (Å²) in [5.74, 6) is 2.46. The summed E-state index contributed by atoms with van der Waals surface area (Å²) in [4.78, 5) is 27.3. The molecular formula is C29H46Cl2N8O4. The first-order valence-corrected chi connectivity index (χ1v) is 14.3. The highest BCUT2D eigenvalue weighted by Gasteiger charge is 2.54. The zero-order valence-corrected chi connectivity index (χ0v) is 27.4. The molecule has 4 aliphatic rings. The molecule has 2 saturated carbocycles. The van der Waals surface area contributed by atoms with Gasteiger partial charge in [-0.3, -0.25) is 4.90 Å². The van der Waals surface area contributed by atoms with Gasteiger partial charge in [-0.2, -0.15) is 0 Å². The molecule has 0 radical (unpaired) electrons. The molecule has 43 heavy (non-hydrogen) atoms. The van der Waals surface area contributed by atoms with Gasteiger partial charge in [0.15, 0.2) is 0 Å². The fourth-order valence-electron chi connectivity index (χ4n) is 5.70. The molecule has 0 bridgehead atoms. The summed E-state index contributed by atoms with van der Waals surface area (Å²) >= 11 is 0. The number of carbonyl (C=O) groups excluding carboxylic acids is 1. The molecule has 4 fully saturated rings. The minimum Gasteiger partial charge on any atom is -0.494 e. The van der Waals surface area contributed by atoms with E-state index in [1.54, 1.807) is 32.5 Å². The number of nitrogen functional groups attached to an aromatic ring is 2. The van der Waals surface area contributed by atoms with Crippen molar-refractivity contribution < 1.29 is 19.0 Å². The van der Waals surface area contributed by atoms with Gasteiger partial charge < -0.3 is 40.8 Å². The smallest absolute Gasteiger partial charge is 0.410 e. The zero-order chi connectivity index (χ0) is 29.4. The van der Waals surface area contributed by atoms with Crippen molar-refractivity contribution in [3.8, 4) is 11.5 Å². The standard InChI is InChI=1S/C17H26N4O3.C12H18N4O.2ClH/c1-16(2,3)24-15(22)21-8-7-20(11-17(21)5-6-17)12-10-19-14(18)9-13(12)23-4;1-17-10-6-11(13)14-7-9(10)16-5-4-15-12(8-16)2-3-12;;/h9-10H,5-8,11H2,1-4H3,(H2,18,19);6-7,15H,2-5,8H2,1H3,(H2,13,14);2*1H. The molecule has 0 atom stereocenters. The first-order valence-electron chi connectivity index (χ1n) is 14.3. The summed E-state index contributed by atoms with van der Waals surface area (Å²) in [6, 6.07) is 3.52. The molecule has 240 valence electrons. The van der Waals surface area contributed by atoms with E-state index in [4.69, 9.17) is 25.7 Å². The Kier molecular flexibility index (Phi) is 10.6. The van der Waals surface area contributed by atoms with Crippen LogP contribution in [0.15, 0.2) is 24.5 Å². The Hall–Kier alpha value is -3.09. The molecule has 14 heteroatoms. The van der Waals surface area contributed by atoms with Gasteiger partial charge in [-0.15, -0.1) is 24.8 Å². The van der Waals surface area contributed by atoms with Crippen LogP contribution in [0.4, 0.5) is 27.8 Å². The Morgan fingerprint density at radius 3 is 1.86 bits per heavy atom. The van der Waals surface area contributed by atoms with Gasteiger partial charge in [0.25, 0.3) is 0 Å². The van der Waals surface area contributed by atoms with Gasteiger partial charge in [0.2, 0.25) is 0 Å². The lowest BCUT2D eigenvalue weighted by Crippen LogP contribution is -2.58. The average molecular weight is 642 g/mol. The predicted octanol–water partition coefficient (Wildman–Crippen LogP) is 3.72. The summed E-state index contributed by atoms with van der Waals surface area (Å²) in [6.45, 7) is 10.8. The van der Waals surface area contributed by atoms with E-state index in [1.807, 2.05) is 31.9 Å². The third-order valence-corrected chi connectivity index (χ3v) is 8.18. The van der Waals surface area contributed by atoms with Crippen LogP contribution >= 0.6 is 24.8 Å². The monoisotopic (exact) mass is 640 g/mol. The van der Waals surface area contributed by atoms with E-state index < -0.39 is 5.60 Å². The minimum atomic E-state index is -0.478. The molecule has 4 heterocycles. The maximum atomic E-state index is 12.5. The molecule has 0 unspecified atom stereocenters. The molecule has 2 aliphatic carbocycles. The number of aromatic nitrogens is 2. The Morgan fingerprint density at radius 2 is 1.40 bits per heavy atom. The number of nitrogens with two attached hydrogens (primary N) is 2. The van der Waals surface area contributed by atoms with Crippen LogP contribution in [0.1, 0.15) is 46.5 Å². The fraction of sp³-hybridized carbons (Fsp3) is 0.621. The summed E-state index contributed by atoms with van der Waals surface area (Å²) in [5.41, 5.74) is 13.1. The van der Waals surface area contributed by atoms with Crippen molar-refractivity contribution >= 4 is 53.9 Å². The van der Waals surface area contributed by atoms with Gasteiger partial charge in [0.1, 0.15) is 28.7 Å². The second-order valence-electron chi connectivity index (χ2n) is 12.5. The van der Waals surface area contributed by atoms with Crippen LogP contribution in [-0.4, -0.2) is 91.1 Å². The van der Waals surface area contributed by atoms with Crippen LogP contribution in [0.2, 0.25) is 0 Å². The van der Waals surface area contributed by atoms with Crippen molar-refractivity contribution in [3.05, 3.63) is 24.5 Å². The van der Waals surface area contributed by atoms with Gasteiger partial charge in [0, 0.05) is 56.9 Å². The largest absolute Gasteiger partial charge is 0.494 e. The third kappa shape index (κ3) is 7.90. The number of pyridine rings is 2. The average Bonchev–Trinajstić information content (AvgIpc) is 3.86. The second kappa shape index (κ2) is 13.3. The summed E-state index contributed by atoms with van der Waals surface area (Å²) in [7, 11) is 3.30. The predicted molar refractivity (Wildman–Crippen MR) is 174 cm³/mol. The molecule has 2 saturated heterocycles. The lowest BCUT2D eigenvalue weighted by atomic mass is 10.1. The first kappa shape index (κ1) is 34.4. The SMILES string of the molecule is COc1cc(N)ncc1N1CCN(C(=O)OC(C)(C)C)C2(CC2)C1.COc1cc(N)ncc1N1CCNC2(CC2)C1.Cl.Cl. The van der Waals surface area contributed by atoms with Gasteiger partial charge in [-0.1, -0.05) is 0 Å². The maximum Gasteiger partial charge on any atom is 0.410 e. The molecule has 5 N–H and O–H groups in total. The number of nitrogens with zero attached hydrogens (tertiary/aromatic N) is 5. The van der Waals surface area contributed by atoms with E-state index in [0.717, 1.165) is 56.1 Å². The van der Waals surface area contributed by atoms with Crippen molar-refractivity contribution in [1.82, 2.24) is 20.2 Å². The maximum absolute atomic E-state index is 12.5. The highest BCUT2D eigenvalue weighted by molar-refractivity contribution is 5.85. The number of piperazine rings is 2. The number of hydrogen-bond acceptors (Lipinski definition) is 11. The lowest BCUT2D eigenvalue weighted by Gasteiger charge is -2.43. The Balaban J connectivity index is 0.000000236. The lowest BCUT2D eigenvalue weighted by molar-refractivity contribution is 0.0106. The third-order valence-electron chi connectivity index (χ3n) is 8.18. The summed E-state index contributed by atoms with van der Waals surface area (Å²) < 4.78 is 16.4. The normalized spacial score (nSPS) is 19.3. The number of rotatable bonds is 4. The minimum absolute atomic E-state index is 0. The van der Waals surface area contributed by atoms with Crippen LogP contribution in [0.25, 0.3) is 0 Å². The fourth-order valence-corrected chi connectivity index (χ4v) is 5.70. The molecule has 2 spiro atoms. The van der Waals surface area contributed by atoms with Gasteiger partial charge in [-0.05, 0) is 46.5 Å². The van der Waals surface area contributed by atoms with Crippen molar-refractivity contribution in [1.29, 1.82) is 0 Å². The van der Waals surface area contributed by atoms with Crippen LogP contribution in [0.3, 0.4) is 0 Å². The van der Waals surface area contributed by atoms with Crippen LogP contribution in [-0.2, 0) is 4.74 Å². The molecule has 2 aromatic heterocycles. The summed E-state index contributed by atoms with van der Waals surface area (Å²) in [6.07, 6.45) is 7.87. The Labute approximate surface area is 266 Å². The van der Waals surface area contributed by atoms with Gasteiger partial charge >= 0.3 is 6.09 Å². The van der Waals surface area contributed by atoms with Gasteiger partial charge in [0.05, 0.1) is 43.5 Å². The Morgan fingerprint density at radius 1 is 0.860 bits per heavy atom. The van der Waals surface area contributed by atoms with E-state index in [0.29, 0.717) is 36.0 Å². The number of amides is 1. The van der Waals surface area contributed by atoms with Gasteiger partial charge in [-0.25, -0.2) is 14.8 Å². The number of hydrogen-bond donors (Lipinski definition) is 3. The van der Waals surface area contributed by atoms with E-state index in [2.05, 4.69) is 25.1 Å².